The fourth-order valence-corrected chi connectivity index (χ4v) is 5.49. The molecular weight excluding hydrogens is 430 g/mol. The van der Waals surface area contributed by atoms with Gasteiger partial charge < -0.3 is 15.5 Å². The van der Waals surface area contributed by atoms with Gasteiger partial charge in [0.25, 0.3) is 0 Å². The lowest BCUT2D eigenvalue weighted by molar-refractivity contribution is -0.118. The molecule has 9 nitrogen and oxygen atoms in total. The predicted molar refractivity (Wildman–Crippen MR) is 128 cm³/mol. The summed E-state index contributed by atoms with van der Waals surface area (Å²) < 4.78 is 27.3. The van der Waals surface area contributed by atoms with Crippen LogP contribution in [0.5, 0.6) is 0 Å². The van der Waals surface area contributed by atoms with Crippen LogP contribution in [0, 0.1) is 0 Å². The van der Waals surface area contributed by atoms with E-state index in [-0.39, 0.29) is 17.5 Å². The Kier molecular flexibility index (Phi) is 9.77. The molecule has 0 bridgehead atoms. The minimum atomic E-state index is -3.64. The van der Waals surface area contributed by atoms with Crippen molar-refractivity contribution in [3.63, 3.8) is 0 Å². The summed E-state index contributed by atoms with van der Waals surface area (Å²) in [4.78, 5) is 26.6. The molecule has 1 fully saturated rings. The Balaban J connectivity index is 2.17. The second-order valence-electron chi connectivity index (χ2n) is 7.80. The zero-order valence-electron chi connectivity index (χ0n) is 19.6. The topological polar surface area (TPSA) is 111 Å². The van der Waals surface area contributed by atoms with E-state index in [9.17, 15) is 18.0 Å². The van der Waals surface area contributed by atoms with Gasteiger partial charge in [0.2, 0.25) is 15.9 Å². The highest BCUT2D eigenvalue weighted by Crippen LogP contribution is 2.30. The minimum absolute atomic E-state index is 0.118. The van der Waals surface area contributed by atoms with Gasteiger partial charge >= 0.3 is 6.03 Å². The molecule has 1 aliphatic carbocycles. The summed E-state index contributed by atoms with van der Waals surface area (Å²) in [6.07, 6.45) is 4.03. The zero-order valence-corrected chi connectivity index (χ0v) is 20.4. The Morgan fingerprint density at radius 2 is 1.62 bits per heavy atom. The van der Waals surface area contributed by atoms with E-state index in [4.69, 9.17) is 0 Å². The second kappa shape index (κ2) is 12.1. The summed E-state index contributed by atoms with van der Waals surface area (Å²) in [6.45, 7) is 9.66. The molecule has 3 amide bonds. The lowest BCUT2D eigenvalue weighted by atomic mass is 10.2. The molecule has 0 aromatic heterocycles. The van der Waals surface area contributed by atoms with Gasteiger partial charge in [0, 0.05) is 32.2 Å². The van der Waals surface area contributed by atoms with Crippen LogP contribution in [-0.2, 0) is 14.8 Å². The highest BCUT2D eigenvalue weighted by atomic mass is 32.2. The number of sulfonamides is 1. The van der Waals surface area contributed by atoms with E-state index in [1.807, 2.05) is 13.8 Å². The van der Waals surface area contributed by atoms with Crippen LogP contribution >= 0.6 is 0 Å². The number of hydrogen-bond acceptors (Lipinski definition) is 6. The van der Waals surface area contributed by atoms with Crippen LogP contribution < -0.4 is 20.9 Å². The number of rotatable bonds is 11. The van der Waals surface area contributed by atoms with E-state index >= 15 is 0 Å². The third-order valence-electron chi connectivity index (χ3n) is 5.80. The van der Waals surface area contributed by atoms with Crippen molar-refractivity contribution in [1.82, 2.24) is 14.9 Å². The van der Waals surface area contributed by atoms with Crippen molar-refractivity contribution in [2.75, 3.05) is 42.9 Å². The van der Waals surface area contributed by atoms with Gasteiger partial charge in [-0.15, -0.1) is 0 Å². The van der Waals surface area contributed by atoms with Crippen molar-refractivity contribution < 1.29 is 18.0 Å². The Labute approximate surface area is 192 Å². The Morgan fingerprint density at radius 3 is 2.19 bits per heavy atom. The Bertz CT molecular complexity index is 876. The first-order valence-corrected chi connectivity index (χ1v) is 12.9. The highest BCUT2D eigenvalue weighted by Gasteiger charge is 2.24. The molecule has 3 N–H and O–H groups in total. The summed E-state index contributed by atoms with van der Waals surface area (Å²) in [5.41, 5.74) is 1.34. The lowest BCUT2D eigenvalue weighted by Gasteiger charge is -2.26. The number of imide groups is 1. The monoisotopic (exact) mass is 467 g/mol. The van der Waals surface area contributed by atoms with E-state index in [2.05, 4.69) is 20.9 Å². The molecule has 10 heteroatoms. The smallest absolute Gasteiger partial charge is 0.321 e. The molecule has 0 atom stereocenters. The first kappa shape index (κ1) is 25.9. The third kappa shape index (κ3) is 6.59. The molecule has 32 heavy (non-hydrogen) atoms. The number of nitrogens with zero attached hydrogens (tertiary/aromatic N) is 2. The predicted octanol–water partition coefficient (Wildman–Crippen LogP) is 2.74. The molecule has 0 aliphatic heterocycles. The number of hydrogen-bond donors (Lipinski definition) is 3. The fourth-order valence-electron chi connectivity index (χ4n) is 4.01. The maximum atomic E-state index is 13.0. The van der Waals surface area contributed by atoms with Crippen molar-refractivity contribution in [1.29, 1.82) is 0 Å². The molecule has 2 rings (SSSR count). The average Bonchev–Trinajstić information content (AvgIpc) is 3.27. The molecule has 0 spiro atoms. The van der Waals surface area contributed by atoms with Crippen LogP contribution in [0.3, 0.4) is 0 Å². The van der Waals surface area contributed by atoms with Crippen molar-refractivity contribution in [2.24, 2.45) is 0 Å². The molecular formula is C22H37N5O4S. The number of carbonyl (C=O) groups excluding carboxylic acids is 2. The Hall–Kier alpha value is -2.33. The highest BCUT2D eigenvalue weighted by molar-refractivity contribution is 7.89. The van der Waals surface area contributed by atoms with Crippen LogP contribution in [0.25, 0.3) is 0 Å². The van der Waals surface area contributed by atoms with E-state index in [1.54, 1.807) is 32.0 Å². The van der Waals surface area contributed by atoms with Crippen molar-refractivity contribution in [2.45, 2.75) is 64.3 Å². The average molecular weight is 468 g/mol. The molecule has 0 unspecified atom stereocenters. The van der Waals surface area contributed by atoms with Gasteiger partial charge in [-0.1, -0.05) is 26.7 Å². The maximum absolute atomic E-state index is 13.0. The van der Waals surface area contributed by atoms with Crippen molar-refractivity contribution in [3.05, 3.63) is 18.2 Å². The molecule has 1 aromatic rings. The van der Waals surface area contributed by atoms with Gasteiger partial charge in [-0.05, 0) is 44.9 Å². The number of nitrogens with one attached hydrogen (secondary N) is 3. The SMILES string of the molecule is CCN(CC)c1ccc(S(=O)(=O)N(CC)CC)cc1NCC(=O)NC(=O)NC1CCCC1. The van der Waals surface area contributed by atoms with Crippen LogP contribution in [0.2, 0.25) is 0 Å². The van der Waals surface area contributed by atoms with Crippen molar-refractivity contribution >= 4 is 33.3 Å². The zero-order chi connectivity index (χ0) is 23.7. The largest absolute Gasteiger partial charge is 0.374 e. The van der Waals surface area contributed by atoms with Crippen LogP contribution in [-0.4, -0.2) is 63.4 Å². The number of carbonyl (C=O) groups is 2. The minimum Gasteiger partial charge on any atom is -0.374 e. The first-order valence-electron chi connectivity index (χ1n) is 11.5. The lowest BCUT2D eigenvalue weighted by Crippen LogP contribution is -2.45. The van der Waals surface area contributed by atoms with Crippen LogP contribution in [0.15, 0.2) is 23.1 Å². The molecule has 0 radical (unpaired) electrons. The summed E-state index contributed by atoms with van der Waals surface area (Å²) in [7, 11) is -3.64. The molecule has 0 heterocycles. The molecule has 0 saturated heterocycles. The van der Waals surface area contributed by atoms with Crippen molar-refractivity contribution in [3.8, 4) is 0 Å². The molecule has 1 aliphatic rings. The van der Waals surface area contributed by atoms with Gasteiger partial charge in [0.05, 0.1) is 22.8 Å². The Morgan fingerprint density at radius 1 is 1.00 bits per heavy atom. The van der Waals surface area contributed by atoms with E-state index in [1.165, 1.54) is 4.31 Å². The summed E-state index contributed by atoms with van der Waals surface area (Å²) in [5.74, 6) is -0.483. The summed E-state index contributed by atoms with van der Waals surface area (Å²) >= 11 is 0. The van der Waals surface area contributed by atoms with Crippen LogP contribution in [0.4, 0.5) is 16.2 Å². The quantitative estimate of drug-likeness (QED) is 0.462. The first-order chi connectivity index (χ1) is 15.3. The third-order valence-corrected chi connectivity index (χ3v) is 7.84. The van der Waals surface area contributed by atoms with Gasteiger partial charge in [0.1, 0.15) is 0 Å². The van der Waals surface area contributed by atoms with E-state index < -0.39 is 22.0 Å². The normalized spacial score (nSPS) is 14.4. The van der Waals surface area contributed by atoms with Gasteiger partial charge in [-0.25, -0.2) is 13.2 Å². The van der Waals surface area contributed by atoms with Gasteiger partial charge in [-0.3, -0.25) is 10.1 Å². The summed E-state index contributed by atoms with van der Waals surface area (Å²) in [6, 6.07) is 4.54. The fraction of sp³-hybridized carbons (Fsp3) is 0.636. The molecule has 1 aromatic carbocycles. The van der Waals surface area contributed by atoms with E-state index in [0.717, 1.165) is 44.5 Å². The molecule has 180 valence electrons. The standard InChI is InChI=1S/C22H37N5O4S/c1-5-26(6-2)20-14-13-18(32(30,31)27(7-3)8-4)15-19(20)23-16-21(28)25-22(29)24-17-11-9-10-12-17/h13-15,17,23H,5-12,16H2,1-4H3,(H2,24,25,28,29). The van der Waals surface area contributed by atoms with E-state index in [0.29, 0.717) is 18.8 Å². The summed E-state index contributed by atoms with van der Waals surface area (Å²) in [5, 5.41) is 8.19. The second-order valence-corrected chi connectivity index (χ2v) is 9.74. The number of benzene rings is 1. The number of anilines is 2. The maximum Gasteiger partial charge on any atom is 0.321 e. The number of urea groups is 1. The molecule has 1 saturated carbocycles. The van der Waals surface area contributed by atoms with Gasteiger partial charge in [0.15, 0.2) is 0 Å². The van der Waals surface area contributed by atoms with Crippen LogP contribution in [0.1, 0.15) is 53.4 Å². The van der Waals surface area contributed by atoms with Gasteiger partial charge in [-0.2, -0.15) is 4.31 Å². The number of amides is 3.